The van der Waals surface area contributed by atoms with Crippen molar-refractivity contribution in [2.45, 2.75) is 11.9 Å². The fourth-order valence-electron chi connectivity index (χ4n) is 1.07. The number of aliphatic hydroxyl groups excluding tert-OH is 1. The molecule has 0 saturated carbocycles. The summed E-state index contributed by atoms with van der Waals surface area (Å²) in [5.74, 6) is 0. The molecular weight excluding hydrogens is 206 g/mol. The zero-order valence-electron chi connectivity index (χ0n) is 8.05. The highest BCUT2D eigenvalue weighted by Crippen LogP contribution is 2.38. The van der Waals surface area contributed by atoms with Crippen molar-refractivity contribution in [3.05, 3.63) is 23.0 Å². The predicted molar refractivity (Wildman–Crippen MR) is 63.7 cm³/mol. The SMILES string of the molecule is CN(C)CC[C@@H](O)[SH]1C=CC=C1.Cl. The van der Waals surface area contributed by atoms with Crippen molar-refractivity contribution in [1.29, 1.82) is 0 Å². The highest BCUT2D eigenvalue weighted by Gasteiger charge is 2.11. The van der Waals surface area contributed by atoms with Crippen molar-refractivity contribution >= 4 is 23.3 Å². The molecule has 0 spiro atoms. The maximum Gasteiger partial charge on any atom is 0.0895 e. The van der Waals surface area contributed by atoms with E-state index in [0.29, 0.717) is 0 Å². The van der Waals surface area contributed by atoms with E-state index >= 15 is 0 Å². The third kappa shape index (κ3) is 4.72. The summed E-state index contributed by atoms with van der Waals surface area (Å²) in [6, 6.07) is 0. The van der Waals surface area contributed by atoms with Gasteiger partial charge in [-0.15, -0.1) is 12.4 Å². The Labute approximate surface area is 89.1 Å². The predicted octanol–water partition coefficient (Wildman–Crippen LogP) is 1.72. The number of nitrogens with zero attached hydrogens (tertiary/aromatic N) is 1. The van der Waals surface area contributed by atoms with Gasteiger partial charge in [0, 0.05) is 6.54 Å². The summed E-state index contributed by atoms with van der Waals surface area (Å²) in [7, 11) is 3.69. The van der Waals surface area contributed by atoms with Crippen molar-refractivity contribution in [1.82, 2.24) is 4.90 Å². The first-order valence-electron chi connectivity index (χ1n) is 4.15. The molecule has 78 valence electrons. The Hall–Kier alpha value is 0.0400. The van der Waals surface area contributed by atoms with Crippen LogP contribution in [0.1, 0.15) is 6.42 Å². The molecule has 0 aromatic heterocycles. The smallest absolute Gasteiger partial charge is 0.0895 e. The second-order valence-corrected chi connectivity index (χ2v) is 5.29. The summed E-state index contributed by atoms with van der Waals surface area (Å²) in [5, 5.41) is 13.9. The van der Waals surface area contributed by atoms with Gasteiger partial charge in [-0.3, -0.25) is 0 Å². The average Bonchev–Trinajstić information content (AvgIpc) is 2.51. The number of rotatable bonds is 4. The van der Waals surface area contributed by atoms with Gasteiger partial charge in [0.15, 0.2) is 0 Å². The molecule has 1 aliphatic heterocycles. The minimum atomic E-state index is -0.369. The summed E-state index contributed by atoms with van der Waals surface area (Å²) in [5.41, 5.74) is -0.155. The first-order chi connectivity index (χ1) is 5.70. The van der Waals surface area contributed by atoms with Crippen molar-refractivity contribution in [3.8, 4) is 0 Å². The van der Waals surface area contributed by atoms with E-state index < -0.39 is 0 Å². The molecule has 0 bridgehead atoms. The molecule has 4 heteroatoms. The number of hydrogen-bond acceptors (Lipinski definition) is 2. The molecular formula is C9H18ClNOS. The summed E-state index contributed by atoms with van der Waals surface area (Å²) in [6.45, 7) is 0.960. The molecule has 1 aliphatic rings. The van der Waals surface area contributed by atoms with Crippen molar-refractivity contribution in [3.63, 3.8) is 0 Å². The van der Waals surface area contributed by atoms with E-state index in [-0.39, 0.29) is 28.7 Å². The van der Waals surface area contributed by atoms with E-state index in [0.717, 1.165) is 13.0 Å². The van der Waals surface area contributed by atoms with Crippen LogP contribution in [0.3, 0.4) is 0 Å². The van der Waals surface area contributed by atoms with Crippen molar-refractivity contribution < 1.29 is 5.11 Å². The Kier molecular flexibility index (Phi) is 6.51. The molecule has 0 aromatic carbocycles. The van der Waals surface area contributed by atoms with Crippen LogP contribution in [-0.2, 0) is 0 Å². The molecule has 0 aliphatic carbocycles. The first-order valence-corrected chi connectivity index (χ1v) is 5.70. The maximum absolute atomic E-state index is 9.70. The second-order valence-electron chi connectivity index (χ2n) is 3.20. The monoisotopic (exact) mass is 223 g/mol. The van der Waals surface area contributed by atoms with Crippen LogP contribution in [0.5, 0.6) is 0 Å². The fraction of sp³-hybridized carbons (Fsp3) is 0.556. The molecule has 0 unspecified atom stereocenters. The summed E-state index contributed by atoms with van der Waals surface area (Å²) in [6.07, 6.45) is 4.91. The highest BCUT2D eigenvalue weighted by atomic mass is 35.5. The Morgan fingerprint density at radius 2 is 1.85 bits per heavy atom. The van der Waals surface area contributed by atoms with Gasteiger partial charge in [0.2, 0.25) is 0 Å². The lowest BCUT2D eigenvalue weighted by atomic mass is 10.4. The lowest BCUT2D eigenvalue weighted by molar-refractivity contribution is 0.231. The van der Waals surface area contributed by atoms with Crippen LogP contribution in [0.2, 0.25) is 0 Å². The maximum atomic E-state index is 9.70. The van der Waals surface area contributed by atoms with Crippen LogP contribution in [-0.4, -0.2) is 36.1 Å². The number of allylic oxidation sites excluding steroid dienone is 2. The lowest BCUT2D eigenvalue weighted by Crippen LogP contribution is -2.18. The van der Waals surface area contributed by atoms with Crippen LogP contribution in [0.4, 0.5) is 0 Å². The van der Waals surface area contributed by atoms with Gasteiger partial charge < -0.3 is 10.0 Å². The third-order valence-electron chi connectivity index (χ3n) is 1.81. The molecule has 0 saturated heterocycles. The molecule has 0 radical (unpaired) electrons. The Bertz CT molecular complexity index is 182. The standard InChI is InChI=1S/C9H17NOS.ClH/c1-10(2)6-5-9(11)12-7-3-4-8-12;/h3-4,7-9,11-12H,5-6H2,1-2H3;1H/t9-;/m0./s1. The minimum Gasteiger partial charge on any atom is -0.384 e. The molecule has 13 heavy (non-hydrogen) atoms. The second kappa shape index (κ2) is 6.49. The molecule has 1 rings (SSSR count). The van der Waals surface area contributed by atoms with Gasteiger partial charge >= 0.3 is 0 Å². The topological polar surface area (TPSA) is 23.5 Å². The highest BCUT2D eigenvalue weighted by molar-refractivity contribution is 8.22. The summed E-state index contributed by atoms with van der Waals surface area (Å²) in [4.78, 5) is 2.10. The Balaban J connectivity index is 0.00000144. The van der Waals surface area contributed by atoms with Gasteiger partial charge in [0.25, 0.3) is 0 Å². The van der Waals surface area contributed by atoms with E-state index in [9.17, 15) is 5.11 Å². The number of hydrogen-bond donors (Lipinski definition) is 2. The van der Waals surface area contributed by atoms with Crippen molar-refractivity contribution in [2.24, 2.45) is 0 Å². The van der Waals surface area contributed by atoms with E-state index in [4.69, 9.17) is 0 Å². The normalized spacial score (nSPS) is 19.2. The molecule has 1 N–H and O–H groups in total. The molecule has 0 fully saturated rings. The van der Waals surface area contributed by atoms with Gasteiger partial charge in [0.05, 0.1) is 5.44 Å². The largest absolute Gasteiger partial charge is 0.384 e. The van der Waals surface area contributed by atoms with Crippen LogP contribution >= 0.6 is 23.3 Å². The quantitative estimate of drug-likeness (QED) is 0.710. The van der Waals surface area contributed by atoms with Crippen LogP contribution in [0.15, 0.2) is 23.0 Å². The summed E-state index contributed by atoms with van der Waals surface area (Å²) >= 11 is 0. The van der Waals surface area contributed by atoms with Gasteiger partial charge in [-0.25, -0.2) is 0 Å². The molecule has 0 amide bonds. The lowest BCUT2D eigenvalue weighted by Gasteiger charge is -2.20. The zero-order chi connectivity index (χ0) is 8.97. The van der Waals surface area contributed by atoms with Gasteiger partial charge in [0.1, 0.15) is 0 Å². The van der Waals surface area contributed by atoms with Crippen molar-refractivity contribution in [2.75, 3.05) is 20.6 Å². The van der Waals surface area contributed by atoms with Crippen LogP contribution in [0, 0.1) is 0 Å². The zero-order valence-corrected chi connectivity index (χ0v) is 9.76. The third-order valence-corrected chi connectivity index (χ3v) is 3.79. The fourth-order valence-corrected chi connectivity index (χ4v) is 2.58. The van der Waals surface area contributed by atoms with Gasteiger partial charge in [-0.05, 0) is 31.3 Å². The van der Waals surface area contributed by atoms with Gasteiger partial charge in [-0.2, -0.15) is 10.9 Å². The van der Waals surface area contributed by atoms with E-state index in [2.05, 4.69) is 15.7 Å². The number of aliphatic hydroxyl groups is 1. The van der Waals surface area contributed by atoms with E-state index in [1.54, 1.807) is 0 Å². The summed E-state index contributed by atoms with van der Waals surface area (Å²) < 4.78 is 0. The van der Waals surface area contributed by atoms with E-state index in [1.165, 1.54) is 0 Å². The number of thiol groups is 1. The molecule has 0 aromatic rings. The van der Waals surface area contributed by atoms with Crippen LogP contribution in [0.25, 0.3) is 0 Å². The van der Waals surface area contributed by atoms with E-state index in [1.807, 2.05) is 26.2 Å². The first kappa shape index (κ1) is 13.0. The minimum absolute atomic E-state index is 0. The average molecular weight is 224 g/mol. The molecule has 1 atom stereocenters. The van der Waals surface area contributed by atoms with Gasteiger partial charge in [-0.1, -0.05) is 12.2 Å². The number of halogens is 1. The molecule has 2 nitrogen and oxygen atoms in total. The van der Waals surface area contributed by atoms with Crippen LogP contribution < -0.4 is 0 Å². The Morgan fingerprint density at radius 1 is 1.31 bits per heavy atom. The Morgan fingerprint density at radius 3 is 2.31 bits per heavy atom. The molecule has 1 heterocycles.